The maximum Gasteiger partial charge on any atom is 0.138 e. The van der Waals surface area contributed by atoms with Gasteiger partial charge in [-0.1, -0.05) is 72.8 Å². The van der Waals surface area contributed by atoms with Crippen molar-refractivity contribution in [3.8, 4) is 28.7 Å². The van der Waals surface area contributed by atoms with E-state index in [0.717, 1.165) is 44.7 Å². The number of aryl methyl sites for hydroxylation is 2. The third kappa shape index (κ3) is 3.44. The van der Waals surface area contributed by atoms with E-state index in [4.69, 9.17) is 4.98 Å². The Morgan fingerprint density at radius 2 is 1.14 bits per heavy atom. The number of nitrogens with zero attached hydrogens (tertiary/aromatic N) is 4. The van der Waals surface area contributed by atoms with Crippen LogP contribution in [-0.2, 0) is 0 Å². The normalized spacial score (nSPS) is 11.5. The van der Waals surface area contributed by atoms with Gasteiger partial charge in [0.25, 0.3) is 0 Å². The topological polar surface area (TPSA) is 46.5 Å². The highest BCUT2D eigenvalue weighted by Gasteiger charge is 2.20. The molecule has 198 valence electrons. The third-order valence-electron chi connectivity index (χ3n) is 8.48. The van der Waals surface area contributed by atoms with Crippen molar-refractivity contribution in [1.82, 2.24) is 14.1 Å². The van der Waals surface area contributed by atoms with Crippen molar-refractivity contribution in [2.75, 3.05) is 0 Å². The summed E-state index contributed by atoms with van der Waals surface area (Å²) < 4.78 is 4.60. The van der Waals surface area contributed by atoms with Gasteiger partial charge in [0.2, 0.25) is 0 Å². The maximum atomic E-state index is 9.49. The van der Waals surface area contributed by atoms with Gasteiger partial charge in [0.15, 0.2) is 0 Å². The minimum absolute atomic E-state index is 0.639. The van der Waals surface area contributed by atoms with Gasteiger partial charge >= 0.3 is 0 Å². The number of hydrogen-bond acceptors (Lipinski definition) is 2. The second kappa shape index (κ2) is 9.19. The molecule has 0 fully saturated rings. The summed E-state index contributed by atoms with van der Waals surface area (Å²) in [4.78, 5) is 5.15. The lowest BCUT2D eigenvalue weighted by Crippen LogP contribution is -2.03. The van der Waals surface area contributed by atoms with E-state index in [9.17, 15) is 5.26 Å². The fraction of sp³-hybridized carbons (Fsp3) is 0.0526. The maximum absolute atomic E-state index is 9.49. The minimum Gasteiger partial charge on any atom is -0.307 e. The first-order valence-electron chi connectivity index (χ1n) is 14.1. The molecule has 0 N–H and O–H groups in total. The Morgan fingerprint density at radius 3 is 1.76 bits per heavy atom. The van der Waals surface area contributed by atoms with Gasteiger partial charge in [-0.3, -0.25) is 4.57 Å². The lowest BCUT2D eigenvalue weighted by Gasteiger charge is -2.16. The van der Waals surface area contributed by atoms with E-state index in [1.54, 1.807) is 0 Å². The lowest BCUT2D eigenvalue weighted by atomic mass is 10.0. The van der Waals surface area contributed by atoms with E-state index in [-0.39, 0.29) is 0 Å². The fourth-order valence-electron chi connectivity index (χ4n) is 6.60. The van der Waals surface area contributed by atoms with Gasteiger partial charge in [0, 0.05) is 27.1 Å². The highest BCUT2D eigenvalue weighted by Crippen LogP contribution is 2.39. The number of para-hydroxylation sites is 2. The first-order chi connectivity index (χ1) is 20.6. The highest BCUT2D eigenvalue weighted by molar-refractivity contribution is 6.12. The largest absolute Gasteiger partial charge is 0.307 e. The molecule has 3 aromatic heterocycles. The average Bonchev–Trinajstić information content (AvgIpc) is 3.55. The van der Waals surface area contributed by atoms with Crippen LogP contribution in [0.15, 0.2) is 121 Å². The predicted molar refractivity (Wildman–Crippen MR) is 173 cm³/mol. The molecule has 3 heterocycles. The van der Waals surface area contributed by atoms with Crippen molar-refractivity contribution in [2.24, 2.45) is 0 Å². The molecule has 0 aliphatic carbocycles. The summed E-state index contributed by atoms with van der Waals surface area (Å²) in [6, 6.07) is 42.4. The molecule has 5 aromatic carbocycles. The van der Waals surface area contributed by atoms with Crippen LogP contribution in [0.5, 0.6) is 0 Å². The van der Waals surface area contributed by atoms with Gasteiger partial charge in [-0.05, 0) is 73.0 Å². The standard InChI is InChI=1S/C38H26N4/c1-24-9-7-15-33-37(24)28-11-3-5-13-31(28)41(33)35-23-40-36(21-30(35)27-19-17-26(22-39)18-20-27)42-32-14-6-4-12-29(32)38-25(2)10-8-16-34(38)42/h3-21,23H,1-2H3. The van der Waals surface area contributed by atoms with Crippen molar-refractivity contribution >= 4 is 43.6 Å². The van der Waals surface area contributed by atoms with Crippen molar-refractivity contribution in [3.05, 3.63) is 138 Å². The van der Waals surface area contributed by atoms with Crippen molar-refractivity contribution in [3.63, 3.8) is 0 Å². The molecule has 0 radical (unpaired) electrons. The van der Waals surface area contributed by atoms with Crippen molar-refractivity contribution in [1.29, 1.82) is 5.26 Å². The number of rotatable bonds is 3. The zero-order valence-corrected chi connectivity index (χ0v) is 23.3. The number of fused-ring (bicyclic) bond motifs is 6. The Labute approximate surface area is 243 Å². The van der Waals surface area contributed by atoms with E-state index in [2.05, 4.69) is 120 Å². The minimum atomic E-state index is 0.639. The van der Waals surface area contributed by atoms with Crippen molar-refractivity contribution < 1.29 is 0 Å². The van der Waals surface area contributed by atoms with Crippen LogP contribution >= 0.6 is 0 Å². The lowest BCUT2D eigenvalue weighted by molar-refractivity contribution is 1.06. The first-order valence-corrected chi connectivity index (χ1v) is 14.1. The van der Waals surface area contributed by atoms with Crippen LogP contribution in [0.3, 0.4) is 0 Å². The molecule has 8 aromatic rings. The van der Waals surface area contributed by atoms with Gasteiger partial charge < -0.3 is 4.57 Å². The van der Waals surface area contributed by atoms with Crippen LogP contribution in [0.1, 0.15) is 16.7 Å². The van der Waals surface area contributed by atoms with E-state index >= 15 is 0 Å². The summed E-state index contributed by atoms with van der Waals surface area (Å²) in [5.41, 5.74) is 10.7. The molecule has 0 bridgehead atoms. The predicted octanol–water partition coefficient (Wildman–Crippen LogP) is 9.43. The SMILES string of the molecule is Cc1cccc2c1c1ccccc1n2-c1cc(-c2ccc(C#N)cc2)c(-n2c3ccccc3c3c(C)cccc32)cn1. The highest BCUT2D eigenvalue weighted by atomic mass is 15.1. The van der Waals surface area contributed by atoms with E-state index in [1.165, 1.54) is 32.7 Å². The second-order valence-corrected chi connectivity index (χ2v) is 10.9. The molecule has 4 heteroatoms. The molecule has 0 saturated heterocycles. The summed E-state index contributed by atoms with van der Waals surface area (Å²) in [5, 5.41) is 14.4. The molecular weight excluding hydrogens is 512 g/mol. The summed E-state index contributed by atoms with van der Waals surface area (Å²) in [5.74, 6) is 0.854. The summed E-state index contributed by atoms with van der Waals surface area (Å²) in [6.07, 6.45) is 2.01. The summed E-state index contributed by atoms with van der Waals surface area (Å²) in [7, 11) is 0. The molecule has 0 unspecified atom stereocenters. The van der Waals surface area contributed by atoms with Crippen LogP contribution in [0.4, 0.5) is 0 Å². The van der Waals surface area contributed by atoms with E-state index in [0.29, 0.717) is 5.56 Å². The van der Waals surface area contributed by atoms with Crippen LogP contribution in [0.25, 0.3) is 66.2 Å². The Balaban J connectivity index is 1.48. The molecular formula is C38H26N4. The average molecular weight is 539 g/mol. The molecule has 4 nitrogen and oxygen atoms in total. The van der Waals surface area contributed by atoms with E-state index < -0.39 is 0 Å². The second-order valence-electron chi connectivity index (χ2n) is 10.9. The van der Waals surface area contributed by atoms with Crippen LogP contribution < -0.4 is 0 Å². The molecule has 0 aliphatic heterocycles. The smallest absolute Gasteiger partial charge is 0.138 e. The van der Waals surface area contributed by atoms with Gasteiger partial charge in [0.05, 0.1) is 45.6 Å². The quantitative estimate of drug-likeness (QED) is 0.225. The zero-order valence-electron chi connectivity index (χ0n) is 23.3. The molecule has 0 amide bonds. The summed E-state index contributed by atoms with van der Waals surface area (Å²) in [6.45, 7) is 4.34. The van der Waals surface area contributed by atoms with Crippen molar-refractivity contribution in [2.45, 2.75) is 13.8 Å². The molecule has 8 rings (SSSR count). The Kier molecular flexibility index (Phi) is 5.29. The molecule has 0 spiro atoms. The monoisotopic (exact) mass is 538 g/mol. The number of aromatic nitrogens is 3. The summed E-state index contributed by atoms with van der Waals surface area (Å²) >= 11 is 0. The van der Waals surface area contributed by atoms with Crippen LogP contribution in [0.2, 0.25) is 0 Å². The third-order valence-corrected chi connectivity index (χ3v) is 8.48. The number of hydrogen-bond donors (Lipinski definition) is 0. The number of nitriles is 1. The van der Waals surface area contributed by atoms with Gasteiger partial charge in [0.1, 0.15) is 5.82 Å². The fourth-order valence-corrected chi connectivity index (χ4v) is 6.60. The number of pyridine rings is 1. The van der Waals surface area contributed by atoms with Gasteiger partial charge in [-0.15, -0.1) is 0 Å². The van der Waals surface area contributed by atoms with E-state index in [1.807, 2.05) is 30.5 Å². The number of benzene rings is 5. The first kappa shape index (κ1) is 24.2. The molecule has 42 heavy (non-hydrogen) atoms. The van der Waals surface area contributed by atoms with Gasteiger partial charge in [-0.2, -0.15) is 5.26 Å². The Bertz CT molecular complexity index is 2380. The van der Waals surface area contributed by atoms with Crippen LogP contribution in [-0.4, -0.2) is 14.1 Å². The molecule has 0 atom stereocenters. The molecule has 0 aliphatic rings. The van der Waals surface area contributed by atoms with Crippen LogP contribution in [0, 0.1) is 25.2 Å². The Hall–Kier alpha value is -5.66. The molecule has 0 saturated carbocycles. The zero-order chi connectivity index (χ0) is 28.4. The Morgan fingerprint density at radius 1 is 0.595 bits per heavy atom. The van der Waals surface area contributed by atoms with Gasteiger partial charge in [-0.25, -0.2) is 4.98 Å².